The molecule has 246 valence electrons. The predicted molar refractivity (Wildman–Crippen MR) is 173 cm³/mol. The molecule has 1 aromatic heterocycles. The summed E-state index contributed by atoms with van der Waals surface area (Å²) in [5.41, 5.74) is 4.30. The molecule has 0 bridgehead atoms. The second-order valence-corrected chi connectivity index (χ2v) is 11.3. The van der Waals surface area contributed by atoms with E-state index in [9.17, 15) is 19.5 Å². The maximum Gasteiger partial charge on any atom is 0.417 e. The molecule has 10 nitrogen and oxygen atoms in total. The van der Waals surface area contributed by atoms with Gasteiger partial charge >= 0.3 is 6.09 Å². The Morgan fingerprint density at radius 3 is 2.45 bits per heavy atom. The van der Waals surface area contributed by atoms with E-state index in [0.717, 1.165) is 21.6 Å². The van der Waals surface area contributed by atoms with E-state index >= 15 is 0 Å². The number of ether oxygens (including phenoxy) is 4. The number of aliphatic hydroxyl groups excluding tert-OH is 1. The Morgan fingerprint density at radius 1 is 1.00 bits per heavy atom. The highest BCUT2D eigenvalue weighted by Gasteiger charge is 2.44. The number of aliphatic hydroxyl groups is 1. The molecule has 10 heteroatoms. The molecule has 0 aliphatic carbocycles. The summed E-state index contributed by atoms with van der Waals surface area (Å²) in [6.07, 6.45) is -1.93. The molecule has 2 amide bonds. The van der Waals surface area contributed by atoms with Crippen molar-refractivity contribution in [3.8, 4) is 11.1 Å². The number of hydrogen-bond acceptors (Lipinski definition) is 9. The van der Waals surface area contributed by atoms with Gasteiger partial charge in [0.2, 0.25) is 11.9 Å². The fourth-order valence-corrected chi connectivity index (χ4v) is 5.45. The average molecular weight is 642 g/mol. The van der Waals surface area contributed by atoms with Crippen LogP contribution in [0.25, 0.3) is 11.1 Å². The van der Waals surface area contributed by atoms with Gasteiger partial charge in [-0.2, -0.15) is 0 Å². The Morgan fingerprint density at radius 2 is 1.74 bits per heavy atom. The van der Waals surface area contributed by atoms with Gasteiger partial charge in [-0.05, 0) is 36.1 Å². The maximum absolute atomic E-state index is 13.8. The fraction of sp³-hybridized carbons (Fsp3) is 0.324. The molecule has 1 aliphatic rings. The summed E-state index contributed by atoms with van der Waals surface area (Å²) in [6, 6.07) is 27.4. The van der Waals surface area contributed by atoms with Crippen molar-refractivity contribution in [3.63, 3.8) is 0 Å². The molecule has 0 spiro atoms. The van der Waals surface area contributed by atoms with E-state index in [1.807, 2.05) is 67.6 Å². The van der Waals surface area contributed by atoms with E-state index in [1.165, 1.54) is 7.11 Å². The zero-order chi connectivity index (χ0) is 33.2. The summed E-state index contributed by atoms with van der Waals surface area (Å²) in [5, 5.41) is 9.72. The van der Waals surface area contributed by atoms with Crippen LogP contribution in [0.15, 0.2) is 95.4 Å². The van der Waals surface area contributed by atoms with Gasteiger partial charge < -0.3 is 28.5 Å². The third-order valence-electron chi connectivity index (χ3n) is 7.90. The molecular formula is C37H39NO9. The van der Waals surface area contributed by atoms with Gasteiger partial charge in [-0.1, -0.05) is 90.5 Å². The number of carbonyl (C=O) groups is 3. The number of nitrogens with zero attached hydrogens (tertiary/aromatic N) is 1. The lowest BCUT2D eigenvalue weighted by Crippen LogP contribution is -2.45. The van der Waals surface area contributed by atoms with Crippen LogP contribution in [0.2, 0.25) is 0 Å². The summed E-state index contributed by atoms with van der Waals surface area (Å²) in [6.45, 7) is 2.72. The number of methoxy groups -OCH3 is 1. The highest BCUT2D eigenvalue weighted by atomic mass is 16.6. The predicted octanol–water partition coefficient (Wildman–Crippen LogP) is 5.70. The number of rotatable bonds is 16. The molecular weight excluding hydrogens is 602 g/mol. The lowest BCUT2D eigenvalue weighted by molar-refractivity contribution is -0.137. The Bertz CT molecular complexity index is 1640. The average Bonchev–Trinajstić information content (AvgIpc) is 3.71. The number of imide groups is 1. The summed E-state index contributed by atoms with van der Waals surface area (Å²) in [4.78, 5) is 41.0. The molecule has 3 aromatic carbocycles. The van der Waals surface area contributed by atoms with Crippen LogP contribution in [-0.2, 0) is 36.8 Å². The normalized spacial score (nSPS) is 15.8. The third-order valence-corrected chi connectivity index (χ3v) is 7.90. The van der Waals surface area contributed by atoms with Crippen molar-refractivity contribution in [2.45, 2.75) is 44.6 Å². The van der Waals surface area contributed by atoms with Crippen molar-refractivity contribution in [1.29, 1.82) is 0 Å². The first-order chi connectivity index (χ1) is 22.9. The van der Waals surface area contributed by atoms with E-state index in [4.69, 9.17) is 23.4 Å². The Hall–Kier alpha value is -4.61. The minimum atomic E-state index is -1.62. The van der Waals surface area contributed by atoms with E-state index in [2.05, 4.69) is 0 Å². The van der Waals surface area contributed by atoms with Crippen molar-refractivity contribution in [1.82, 2.24) is 4.90 Å². The summed E-state index contributed by atoms with van der Waals surface area (Å²) in [5.74, 6) is -1.05. The van der Waals surface area contributed by atoms with Gasteiger partial charge in [-0.25, -0.2) is 9.69 Å². The molecule has 4 aromatic rings. The molecule has 3 unspecified atom stereocenters. The Balaban J connectivity index is 1.27. The van der Waals surface area contributed by atoms with Crippen molar-refractivity contribution in [2.75, 3.05) is 33.5 Å². The summed E-state index contributed by atoms with van der Waals surface area (Å²) < 4.78 is 28.3. The number of aryl methyl sites for hydroxylation is 2. The minimum Gasteiger partial charge on any atom is -0.457 e. The SMILES string of the molecule is COC(C(=O)c1cc(-c2cccc(C)c2)c(CCCOCC(CO)OCc2ccccc2)o1)C(=O)N1C(=O)OCC1c1ccccc1. The molecule has 1 fully saturated rings. The van der Waals surface area contributed by atoms with Crippen LogP contribution in [0.4, 0.5) is 4.79 Å². The number of ketones is 1. The van der Waals surface area contributed by atoms with Gasteiger partial charge in [0.05, 0.1) is 19.8 Å². The van der Waals surface area contributed by atoms with Crippen LogP contribution in [0, 0.1) is 6.92 Å². The van der Waals surface area contributed by atoms with Gasteiger partial charge in [0.1, 0.15) is 24.5 Å². The maximum atomic E-state index is 13.8. The third kappa shape index (κ3) is 8.41. The number of Topliss-reactive ketones (excluding diaryl/α,β-unsaturated/α-hetero) is 1. The van der Waals surface area contributed by atoms with Crippen LogP contribution >= 0.6 is 0 Å². The largest absolute Gasteiger partial charge is 0.457 e. The second-order valence-electron chi connectivity index (χ2n) is 11.3. The second kappa shape index (κ2) is 16.3. The highest BCUT2D eigenvalue weighted by Crippen LogP contribution is 2.32. The first-order valence-electron chi connectivity index (χ1n) is 15.5. The topological polar surface area (TPSA) is 125 Å². The van der Waals surface area contributed by atoms with Crippen LogP contribution in [0.5, 0.6) is 0 Å². The van der Waals surface area contributed by atoms with E-state index in [0.29, 0.717) is 42.9 Å². The number of cyclic esters (lactones) is 1. The number of furan rings is 1. The first kappa shape index (κ1) is 33.7. The van der Waals surface area contributed by atoms with Crippen molar-refractivity contribution in [2.24, 2.45) is 0 Å². The molecule has 1 aliphatic heterocycles. The minimum absolute atomic E-state index is 0.0259. The van der Waals surface area contributed by atoms with E-state index in [1.54, 1.807) is 30.3 Å². The van der Waals surface area contributed by atoms with Gasteiger partial charge in [-0.3, -0.25) is 9.59 Å². The monoisotopic (exact) mass is 641 g/mol. The number of carbonyl (C=O) groups excluding carboxylic acids is 3. The quantitative estimate of drug-likeness (QED) is 0.0932. The molecule has 0 radical (unpaired) electrons. The molecule has 1 N–H and O–H groups in total. The Labute approximate surface area is 273 Å². The van der Waals surface area contributed by atoms with Crippen LogP contribution in [0.3, 0.4) is 0 Å². The van der Waals surface area contributed by atoms with Crippen molar-refractivity contribution < 1.29 is 42.9 Å². The van der Waals surface area contributed by atoms with Gasteiger partial charge in [0.25, 0.3) is 5.91 Å². The Kier molecular flexibility index (Phi) is 11.7. The number of benzene rings is 3. The molecule has 5 rings (SSSR count). The van der Waals surface area contributed by atoms with Crippen LogP contribution < -0.4 is 0 Å². The van der Waals surface area contributed by atoms with Crippen molar-refractivity contribution in [3.05, 3.63) is 119 Å². The molecule has 47 heavy (non-hydrogen) atoms. The zero-order valence-electron chi connectivity index (χ0n) is 26.5. The molecule has 3 atom stereocenters. The van der Waals surface area contributed by atoms with E-state index < -0.39 is 36.0 Å². The highest BCUT2D eigenvalue weighted by molar-refractivity contribution is 6.14. The standard InChI is InChI=1S/C37H39NO9/c1-25-11-9-16-28(19-25)30-20-33(47-32(30)17-10-18-44-23-29(21-39)45-22-26-12-5-3-6-13-26)34(40)35(43-2)36(41)38-31(24-46-37(38)42)27-14-7-4-8-15-27/h3-9,11-16,19-20,29,31,35,39H,10,17-18,21-24H2,1-2H3. The van der Waals surface area contributed by atoms with Crippen molar-refractivity contribution >= 4 is 17.8 Å². The summed E-state index contributed by atoms with van der Waals surface area (Å²) >= 11 is 0. The molecule has 0 saturated carbocycles. The molecule has 2 heterocycles. The van der Waals surface area contributed by atoms with Gasteiger partial charge in [0, 0.05) is 25.7 Å². The molecule has 1 saturated heterocycles. The van der Waals surface area contributed by atoms with E-state index in [-0.39, 0.29) is 25.6 Å². The number of hydrogen-bond donors (Lipinski definition) is 1. The lowest BCUT2D eigenvalue weighted by Gasteiger charge is -2.23. The summed E-state index contributed by atoms with van der Waals surface area (Å²) in [7, 11) is 1.24. The van der Waals surface area contributed by atoms with Gasteiger partial charge in [-0.15, -0.1) is 0 Å². The van der Waals surface area contributed by atoms with Crippen LogP contribution in [-0.4, -0.2) is 73.5 Å². The lowest BCUT2D eigenvalue weighted by atomic mass is 10.0. The van der Waals surface area contributed by atoms with Crippen LogP contribution in [0.1, 0.15) is 45.5 Å². The zero-order valence-corrected chi connectivity index (χ0v) is 26.5. The fourth-order valence-electron chi connectivity index (χ4n) is 5.45. The first-order valence-corrected chi connectivity index (χ1v) is 15.5. The smallest absolute Gasteiger partial charge is 0.417 e. The van der Waals surface area contributed by atoms with Gasteiger partial charge in [0.15, 0.2) is 5.76 Å². The number of amides is 2.